The molecule has 0 bridgehead atoms. The molecule has 2 aromatic heterocycles. The molecule has 7 nitrogen and oxygen atoms in total. The van der Waals surface area contributed by atoms with Crippen molar-refractivity contribution in [2.45, 2.75) is 13.3 Å². The van der Waals surface area contributed by atoms with Crippen molar-refractivity contribution in [2.75, 3.05) is 6.54 Å². The average Bonchev–Trinajstić information content (AvgIpc) is 3.31. The van der Waals surface area contributed by atoms with Crippen LogP contribution in [0.4, 0.5) is 10.1 Å². The number of non-ortho nitro benzene ring substituents is 1. The molecule has 0 fully saturated rings. The van der Waals surface area contributed by atoms with Crippen LogP contribution in [-0.2, 0) is 6.42 Å². The van der Waals surface area contributed by atoms with E-state index in [0.717, 1.165) is 16.5 Å². The Bertz CT molecular complexity index is 1260. The van der Waals surface area contributed by atoms with E-state index < -0.39 is 4.92 Å². The predicted octanol–water partition coefficient (Wildman–Crippen LogP) is 4.76. The van der Waals surface area contributed by atoms with Crippen molar-refractivity contribution in [3.63, 3.8) is 0 Å². The SMILES string of the molecule is Cc1oc(-c2cccc([N+](=O)[O-])c2)cc1C(=O)NCCc1c[nH]c2ccc(F)cc12. The van der Waals surface area contributed by atoms with Gasteiger partial charge in [-0.15, -0.1) is 0 Å². The number of hydrogen-bond acceptors (Lipinski definition) is 4. The summed E-state index contributed by atoms with van der Waals surface area (Å²) < 4.78 is 19.1. The molecule has 0 aliphatic rings. The van der Waals surface area contributed by atoms with E-state index >= 15 is 0 Å². The molecular formula is C22H18FN3O4. The number of fused-ring (bicyclic) bond motifs is 1. The average molecular weight is 407 g/mol. The summed E-state index contributed by atoms with van der Waals surface area (Å²) in [6.07, 6.45) is 2.34. The number of nitro groups is 1. The summed E-state index contributed by atoms with van der Waals surface area (Å²) in [5, 5.41) is 14.6. The molecule has 152 valence electrons. The number of carbonyl (C=O) groups excluding carboxylic acids is 1. The highest BCUT2D eigenvalue weighted by molar-refractivity contribution is 5.96. The van der Waals surface area contributed by atoms with E-state index in [9.17, 15) is 19.3 Å². The van der Waals surface area contributed by atoms with Crippen molar-refractivity contribution in [2.24, 2.45) is 0 Å². The van der Waals surface area contributed by atoms with Crippen molar-refractivity contribution in [3.05, 3.63) is 87.5 Å². The van der Waals surface area contributed by atoms with E-state index in [-0.39, 0.29) is 17.4 Å². The lowest BCUT2D eigenvalue weighted by Gasteiger charge is -2.04. The summed E-state index contributed by atoms with van der Waals surface area (Å²) in [5.74, 6) is 0.186. The van der Waals surface area contributed by atoms with Gasteiger partial charge in [0.15, 0.2) is 0 Å². The van der Waals surface area contributed by atoms with Crippen LogP contribution in [-0.4, -0.2) is 22.4 Å². The summed E-state index contributed by atoms with van der Waals surface area (Å²) >= 11 is 0. The normalized spacial score (nSPS) is 11.0. The van der Waals surface area contributed by atoms with E-state index in [1.807, 2.05) is 0 Å². The Kier molecular flexibility index (Phi) is 5.05. The number of carbonyl (C=O) groups is 1. The van der Waals surface area contributed by atoms with Crippen molar-refractivity contribution in [1.29, 1.82) is 0 Å². The Balaban J connectivity index is 1.45. The lowest BCUT2D eigenvalue weighted by atomic mass is 10.1. The molecule has 0 atom stereocenters. The zero-order chi connectivity index (χ0) is 21.3. The van der Waals surface area contributed by atoms with Crippen molar-refractivity contribution >= 4 is 22.5 Å². The van der Waals surface area contributed by atoms with Gasteiger partial charge in [-0.05, 0) is 43.2 Å². The van der Waals surface area contributed by atoms with Gasteiger partial charge in [0.2, 0.25) is 0 Å². The number of furan rings is 1. The van der Waals surface area contributed by atoms with Crippen LogP contribution in [0.25, 0.3) is 22.2 Å². The second kappa shape index (κ2) is 7.82. The van der Waals surface area contributed by atoms with Gasteiger partial charge < -0.3 is 14.7 Å². The number of nitrogens with one attached hydrogen (secondary N) is 2. The number of benzene rings is 2. The van der Waals surface area contributed by atoms with Gasteiger partial charge in [0.25, 0.3) is 11.6 Å². The molecule has 0 radical (unpaired) electrons. The van der Waals surface area contributed by atoms with Gasteiger partial charge in [-0.25, -0.2) is 4.39 Å². The van der Waals surface area contributed by atoms with E-state index in [0.29, 0.717) is 35.6 Å². The molecule has 0 spiro atoms. The third-order valence-corrected chi connectivity index (χ3v) is 4.91. The van der Waals surface area contributed by atoms with Crippen LogP contribution in [0.5, 0.6) is 0 Å². The van der Waals surface area contributed by atoms with Gasteiger partial charge in [-0.3, -0.25) is 14.9 Å². The molecule has 4 rings (SSSR count). The van der Waals surface area contributed by atoms with Crippen LogP contribution in [0.3, 0.4) is 0 Å². The van der Waals surface area contributed by atoms with Crippen LogP contribution >= 0.6 is 0 Å². The first kappa shape index (κ1) is 19.4. The fourth-order valence-electron chi connectivity index (χ4n) is 3.39. The van der Waals surface area contributed by atoms with Crippen molar-refractivity contribution < 1.29 is 18.5 Å². The number of hydrogen-bond donors (Lipinski definition) is 2. The number of nitrogens with zero attached hydrogens (tertiary/aromatic N) is 1. The summed E-state index contributed by atoms with van der Waals surface area (Å²) in [7, 11) is 0. The fourth-order valence-corrected chi connectivity index (χ4v) is 3.39. The second-order valence-corrected chi connectivity index (χ2v) is 6.90. The molecular weight excluding hydrogens is 389 g/mol. The molecule has 0 saturated carbocycles. The molecule has 2 heterocycles. The third kappa shape index (κ3) is 3.80. The number of nitro benzene ring substituents is 1. The van der Waals surface area contributed by atoms with Crippen molar-refractivity contribution in [3.8, 4) is 11.3 Å². The lowest BCUT2D eigenvalue weighted by molar-refractivity contribution is -0.384. The minimum Gasteiger partial charge on any atom is -0.461 e. The summed E-state index contributed by atoms with van der Waals surface area (Å²) in [6, 6.07) is 12.2. The lowest BCUT2D eigenvalue weighted by Crippen LogP contribution is -2.25. The quantitative estimate of drug-likeness (QED) is 0.355. The maximum absolute atomic E-state index is 13.5. The Morgan fingerprint density at radius 3 is 2.87 bits per heavy atom. The number of amides is 1. The number of halogens is 1. The zero-order valence-corrected chi connectivity index (χ0v) is 16.1. The topological polar surface area (TPSA) is 101 Å². The van der Waals surface area contributed by atoms with Gasteiger partial charge in [0, 0.05) is 41.3 Å². The Morgan fingerprint density at radius 1 is 1.23 bits per heavy atom. The predicted molar refractivity (Wildman–Crippen MR) is 110 cm³/mol. The maximum Gasteiger partial charge on any atom is 0.270 e. The molecule has 0 unspecified atom stereocenters. The maximum atomic E-state index is 13.5. The Hall–Kier alpha value is -3.94. The third-order valence-electron chi connectivity index (χ3n) is 4.91. The van der Waals surface area contributed by atoms with Crippen LogP contribution in [0.15, 0.2) is 59.1 Å². The second-order valence-electron chi connectivity index (χ2n) is 6.90. The van der Waals surface area contributed by atoms with E-state index in [2.05, 4.69) is 10.3 Å². The summed E-state index contributed by atoms with van der Waals surface area (Å²) in [4.78, 5) is 26.2. The molecule has 2 N–H and O–H groups in total. The molecule has 1 amide bonds. The first-order valence-corrected chi connectivity index (χ1v) is 9.31. The van der Waals surface area contributed by atoms with Gasteiger partial charge in [0.05, 0.1) is 10.5 Å². The monoisotopic (exact) mass is 407 g/mol. The molecule has 30 heavy (non-hydrogen) atoms. The van der Waals surface area contributed by atoms with Crippen LogP contribution < -0.4 is 5.32 Å². The minimum absolute atomic E-state index is 0.0530. The van der Waals surface area contributed by atoms with Gasteiger partial charge >= 0.3 is 0 Å². The van der Waals surface area contributed by atoms with Crippen LogP contribution in [0, 0.1) is 22.9 Å². The number of aromatic nitrogens is 1. The molecule has 4 aromatic rings. The molecule has 0 saturated heterocycles. The highest BCUT2D eigenvalue weighted by atomic mass is 19.1. The summed E-state index contributed by atoms with van der Waals surface area (Å²) in [6.45, 7) is 2.03. The molecule has 8 heteroatoms. The first-order valence-electron chi connectivity index (χ1n) is 9.31. The number of aromatic amines is 1. The molecule has 0 aliphatic carbocycles. The van der Waals surface area contributed by atoms with Gasteiger partial charge in [-0.1, -0.05) is 12.1 Å². The number of H-pyrrole nitrogens is 1. The van der Waals surface area contributed by atoms with Crippen molar-refractivity contribution in [1.82, 2.24) is 10.3 Å². The zero-order valence-electron chi connectivity index (χ0n) is 16.1. The Morgan fingerprint density at radius 2 is 2.07 bits per heavy atom. The van der Waals surface area contributed by atoms with Crippen LogP contribution in [0.1, 0.15) is 21.7 Å². The van der Waals surface area contributed by atoms with E-state index in [1.54, 1.807) is 37.4 Å². The molecule has 2 aromatic carbocycles. The smallest absolute Gasteiger partial charge is 0.270 e. The van der Waals surface area contributed by atoms with E-state index in [4.69, 9.17) is 4.42 Å². The first-order chi connectivity index (χ1) is 14.4. The highest BCUT2D eigenvalue weighted by Crippen LogP contribution is 2.28. The largest absolute Gasteiger partial charge is 0.461 e. The standard InChI is InChI=1S/C22H18FN3O4/c1-13-18(11-21(30-13)14-3-2-4-17(9-14)26(28)29)22(27)24-8-7-15-12-25-20-6-5-16(23)10-19(15)20/h2-6,9-12,25H,7-8H2,1H3,(H,24,27). The van der Waals surface area contributed by atoms with Gasteiger partial charge in [0.1, 0.15) is 17.3 Å². The van der Waals surface area contributed by atoms with Crippen LogP contribution in [0.2, 0.25) is 0 Å². The minimum atomic E-state index is -0.483. The van der Waals surface area contributed by atoms with Gasteiger partial charge in [-0.2, -0.15) is 0 Å². The van der Waals surface area contributed by atoms with E-state index in [1.165, 1.54) is 24.3 Å². The molecule has 0 aliphatic heterocycles. The number of aryl methyl sites for hydroxylation is 1. The number of rotatable bonds is 6. The Labute approximate surface area is 170 Å². The highest BCUT2D eigenvalue weighted by Gasteiger charge is 2.17. The summed E-state index contributed by atoms with van der Waals surface area (Å²) in [5.41, 5.74) is 2.58. The fraction of sp³-hybridized carbons (Fsp3) is 0.136.